The largest absolute Gasteiger partial charge is 0.452 e. The van der Waals surface area contributed by atoms with E-state index in [0.29, 0.717) is 5.56 Å². The van der Waals surface area contributed by atoms with E-state index in [1.807, 2.05) is 0 Å². The van der Waals surface area contributed by atoms with Gasteiger partial charge in [0.05, 0.1) is 5.56 Å². The highest BCUT2D eigenvalue weighted by molar-refractivity contribution is 6.14. The Labute approximate surface area is 137 Å². The molecule has 0 saturated heterocycles. The minimum absolute atomic E-state index is 0.0196. The van der Waals surface area contributed by atoms with Gasteiger partial charge < -0.3 is 14.4 Å². The summed E-state index contributed by atoms with van der Waals surface area (Å²) in [7, 11) is 3.12. The fourth-order valence-corrected chi connectivity index (χ4v) is 2.16. The van der Waals surface area contributed by atoms with Crippen molar-refractivity contribution in [1.29, 1.82) is 0 Å². The number of carbonyl (C=O) groups excluding carboxylic acids is 2. The number of carbonyl (C=O) groups is 2. The van der Waals surface area contributed by atoms with Crippen molar-refractivity contribution in [1.82, 2.24) is 4.90 Å². The van der Waals surface area contributed by atoms with Gasteiger partial charge in [0.1, 0.15) is 17.3 Å². The van der Waals surface area contributed by atoms with E-state index in [2.05, 4.69) is 0 Å². The van der Waals surface area contributed by atoms with Crippen molar-refractivity contribution in [2.45, 2.75) is 0 Å². The summed E-state index contributed by atoms with van der Waals surface area (Å²) in [4.78, 5) is 25.2. The van der Waals surface area contributed by atoms with Crippen molar-refractivity contribution in [3.63, 3.8) is 0 Å². The van der Waals surface area contributed by atoms with Crippen molar-refractivity contribution < 1.29 is 23.5 Å². The molecule has 122 valence electrons. The number of ketones is 1. The van der Waals surface area contributed by atoms with Crippen LogP contribution in [0.5, 0.6) is 11.5 Å². The van der Waals surface area contributed by atoms with Crippen LogP contribution in [0.3, 0.4) is 0 Å². The van der Waals surface area contributed by atoms with Gasteiger partial charge in [0.15, 0.2) is 5.76 Å². The molecule has 0 atom stereocenters. The van der Waals surface area contributed by atoms with Crippen LogP contribution in [-0.4, -0.2) is 30.9 Å². The summed E-state index contributed by atoms with van der Waals surface area (Å²) < 4.78 is 24.3. The number of halogens is 1. The minimum Gasteiger partial charge on any atom is -0.452 e. The normalized spacial score (nSPS) is 14.3. The van der Waals surface area contributed by atoms with Crippen molar-refractivity contribution in [2.24, 2.45) is 0 Å². The van der Waals surface area contributed by atoms with Crippen LogP contribution in [0.15, 0.2) is 48.2 Å². The maximum Gasteiger partial charge on any atom is 0.414 e. The van der Waals surface area contributed by atoms with Crippen LogP contribution in [0.2, 0.25) is 0 Å². The first kappa shape index (κ1) is 15.7. The summed E-state index contributed by atoms with van der Waals surface area (Å²) in [6, 6.07) is 10.6. The summed E-state index contributed by atoms with van der Waals surface area (Å²) in [5.74, 6) is -0.248. The number of amides is 1. The van der Waals surface area contributed by atoms with Crippen LogP contribution < -0.4 is 9.47 Å². The Morgan fingerprint density at radius 3 is 2.67 bits per heavy atom. The van der Waals surface area contributed by atoms with E-state index in [9.17, 15) is 14.0 Å². The number of ether oxygens (including phenoxy) is 2. The van der Waals surface area contributed by atoms with Gasteiger partial charge in [-0.15, -0.1) is 0 Å². The van der Waals surface area contributed by atoms with Gasteiger partial charge in [0.2, 0.25) is 5.78 Å². The van der Waals surface area contributed by atoms with Crippen LogP contribution in [0.1, 0.15) is 15.9 Å². The van der Waals surface area contributed by atoms with Gasteiger partial charge in [-0.25, -0.2) is 9.18 Å². The molecular formula is C18H14FNO4. The molecule has 1 amide bonds. The highest BCUT2D eigenvalue weighted by Gasteiger charge is 2.28. The first-order valence-corrected chi connectivity index (χ1v) is 7.17. The Morgan fingerprint density at radius 1 is 1.21 bits per heavy atom. The number of benzene rings is 2. The zero-order chi connectivity index (χ0) is 17.3. The third-order valence-corrected chi connectivity index (χ3v) is 3.40. The number of rotatable bonds is 2. The van der Waals surface area contributed by atoms with E-state index in [-0.39, 0.29) is 28.6 Å². The van der Waals surface area contributed by atoms with Crippen LogP contribution >= 0.6 is 0 Å². The maximum atomic E-state index is 13.7. The molecular weight excluding hydrogens is 313 g/mol. The maximum absolute atomic E-state index is 13.7. The number of hydrogen-bond acceptors (Lipinski definition) is 4. The lowest BCUT2D eigenvalue weighted by molar-refractivity contribution is 0.101. The first-order chi connectivity index (χ1) is 11.5. The van der Waals surface area contributed by atoms with Crippen molar-refractivity contribution in [2.75, 3.05) is 14.1 Å². The second-order valence-corrected chi connectivity index (χ2v) is 5.38. The predicted molar refractivity (Wildman–Crippen MR) is 85.5 cm³/mol. The zero-order valence-electron chi connectivity index (χ0n) is 13.1. The molecule has 2 aromatic rings. The fourth-order valence-electron chi connectivity index (χ4n) is 2.16. The molecule has 0 aromatic heterocycles. The Morgan fingerprint density at radius 2 is 1.96 bits per heavy atom. The highest BCUT2D eigenvalue weighted by Crippen LogP contribution is 2.35. The molecule has 2 aromatic carbocycles. The lowest BCUT2D eigenvalue weighted by Crippen LogP contribution is -2.25. The molecule has 1 aliphatic rings. The zero-order valence-corrected chi connectivity index (χ0v) is 13.1. The average molecular weight is 327 g/mol. The lowest BCUT2D eigenvalue weighted by Gasteiger charge is -2.10. The fraction of sp³-hybridized carbons (Fsp3) is 0.111. The SMILES string of the molecule is CN(C)C(=O)Oc1ccc2c(c1)OC(=Cc1ccccc1F)C2=O. The van der Waals surface area contributed by atoms with Gasteiger partial charge in [-0.1, -0.05) is 18.2 Å². The molecule has 24 heavy (non-hydrogen) atoms. The lowest BCUT2D eigenvalue weighted by atomic mass is 10.1. The number of allylic oxidation sites excluding steroid dienone is 1. The number of hydrogen-bond donors (Lipinski definition) is 0. The van der Waals surface area contributed by atoms with Gasteiger partial charge in [0.25, 0.3) is 0 Å². The average Bonchev–Trinajstić information content (AvgIpc) is 2.85. The third kappa shape index (κ3) is 2.99. The molecule has 0 unspecified atom stereocenters. The van der Waals surface area contributed by atoms with E-state index in [1.165, 1.54) is 35.2 Å². The van der Waals surface area contributed by atoms with Crippen molar-refractivity contribution in [3.8, 4) is 11.5 Å². The number of Topliss-reactive ketones (excluding diaryl/α,β-unsaturated/α-hetero) is 1. The Balaban J connectivity index is 1.88. The van der Waals surface area contributed by atoms with E-state index in [4.69, 9.17) is 9.47 Å². The Kier molecular flexibility index (Phi) is 4.04. The topological polar surface area (TPSA) is 55.8 Å². The van der Waals surface area contributed by atoms with Gasteiger partial charge in [-0.3, -0.25) is 4.79 Å². The number of fused-ring (bicyclic) bond motifs is 1. The second-order valence-electron chi connectivity index (χ2n) is 5.38. The molecule has 0 radical (unpaired) electrons. The van der Waals surface area contributed by atoms with Crippen LogP contribution in [-0.2, 0) is 0 Å². The van der Waals surface area contributed by atoms with E-state index in [0.717, 1.165) is 0 Å². The van der Waals surface area contributed by atoms with Gasteiger partial charge in [-0.2, -0.15) is 0 Å². The molecule has 0 aliphatic carbocycles. The molecule has 1 aliphatic heterocycles. The summed E-state index contributed by atoms with van der Waals surface area (Å²) in [6.07, 6.45) is 0.810. The third-order valence-electron chi connectivity index (χ3n) is 3.40. The Hall–Kier alpha value is -3.15. The van der Waals surface area contributed by atoms with E-state index >= 15 is 0 Å². The second kappa shape index (κ2) is 6.16. The smallest absolute Gasteiger partial charge is 0.414 e. The molecule has 0 bridgehead atoms. The summed E-state index contributed by atoms with van der Waals surface area (Å²) >= 11 is 0. The quantitative estimate of drug-likeness (QED) is 0.792. The summed E-state index contributed by atoms with van der Waals surface area (Å²) in [5.41, 5.74) is 0.593. The van der Waals surface area contributed by atoms with Gasteiger partial charge in [0, 0.05) is 25.7 Å². The van der Waals surface area contributed by atoms with Crippen molar-refractivity contribution >= 4 is 18.0 Å². The summed E-state index contributed by atoms with van der Waals surface area (Å²) in [6.45, 7) is 0. The van der Waals surface area contributed by atoms with Crippen molar-refractivity contribution in [3.05, 3.63) is 65.2 Å². The molecule has 0 saturated carbocycles. The standard InChI is InChI=1S/C18H14FNO4/c1-20(2)18(22)23-12-7-8-13-15(10-12)24-16(17(13)21)9-11-5-3-4-6-14(11)19/h3-10H,1-2H3. The van der Waals surface area contributed by atoms with Crippen LogP contribution in [0.4, 0.5) is 9.18 Å². The van der Waals surface area contributed by atoms with E-state index < -0.39 is 11.9 Å². The molecule has 0 fully saturated rings. The highest BCUT2D eigenvalue weighted by atomic mass is 19.1. The molecule has 0 N–H and O–H groups in total. The molecule has 6 heteroatoms. The van der Waals surface area contributed by atoms with E-state index in [1.54, 1.807) is 32.3 Å². The monoisotopic (exact) mass is 327 g/mol. The molecule has 3 rings (SSSR count). The van der Waals surface area contributed by atoms with Gasteiger partial charge in [-0.05, 0) is 24.3 Å². The Bertz CT molecular complexity index is 858. The van der Waals surface area contributed by atoms with Crippen LogP contribution in [0, 0.1) is 5.82 Å². The minimum atomic E-state index is -0.540. The summed E-state index contributed by atoms with van der Waals surface area (Å²) in [5, 5.41) is 0. The number of nitrogens with zero attached hydrogens (tertiary/aromatic N) is 1. The molecule has 1 heterocycles. The first-order valence-electron chi connectivity index (χ1n) is 7.17. The van der Waals surface area contributed by atoms with Gasteiger partial charge >= 0.3 is 6.09 Å². The predicted octanol–water partition coefficient (Wildman–Crippen LogP) is 3.50. The van der Waals surface area contributed by atoms with Crippen LogP contribution in [0.25, 0.3) is 6.08 Å². The molecule has 0 spiro atoms. The molecule has 5 nitrogen and oxygen atoms in total.